The lowest BCUT2D eigenvalue weighted by Crippen LogP contribution is -2.67. The van der Waals surface area contributed by atoms with Gasteiger partial charge < -0.3 is 49.2 Å². The molecular formula is C28H43FN3O18P. The van der Waals surface area contributed by atoms with Crippen LogP contribution in [0.4, 0.5) is 14.0 Å². The summed E-state index contributed by atoms with van der Waals surface area (Å²) < 4.78 is 73.8. The first-order chi connectivity index (χ1) is 23.7. The van der Waals surface area contributed by atoms with Crippen molar-refractivity contribution >= 4 is 32.4 Å². The van der Waals surface area contributed by atoms with Gasteiger partial charge >= 0.3 is 31.8 Å². The highest BCUT2D eigenvalue weighted by molar-refractivity contribution is 7.48. The SMILES string of the molecule is CC(C)OC(=O)OCOP(=O)(OCOC(=O)OC(C)C)OC[C@@]1(CF)O[C@@H](n2ccc(=O)n(COC(=O)C(N)C(C)C)c2=O)C[C@@](O)(C=O)[C@@H]1O. The van der Waals surface area contributed by atoms with Crippen molar-refractivity contribution in [3.63, 3.8) is 0 Å². The van der Waals surface area contributed by atoms with Gasteiger partial charge in [-0.3, -0.25) is 18.7 Å². The number of alkyl halides is 1. The van der Waals surface area contributed by atoms with Crippen molar-refractivity contribution in [3.8, 4) is 0 Å². The molecule has 0 bridgehead atoms. The van der Waals surface area contributed by atoms with Gasteiger partial charge in [-0.25, -0.2) is 37.0 Å². The molecule has 4 N–H and O–H groups in total. The van der Waals surface area contributed by atoms with E-state index in [2.05, 4.69) is 9.47 Å². The summed E-state index contributed by atoms with van der Waals surface area (Å²) in [4.78, 5) is 73.7. The Labute approximate surface area is 290 Å². The molecule has 290 valence electrons. The fraction of sp³-hybridized carbons (Fsp3) is 0.714. The van der Waals surface area contributed by atoms with Gasteiger partial charge in [0.2, 0.25) is 13.6 Å². The minimum Gasteiger partial charge on any atom is -0.442 e. The van der Waals surface area contributed by atoms with Gasteiger partial charge in [-0.05, 0) is 33.6 Å². The fourth-order valence-electron chi connectivity index (χ4n) is 4.14. The molecule has 0 aromatic carbocycles. The van der Waals surface area contributed by atoms with E-state index in [1.165, 1.54) is 27.7 Å². The second-order valence-electron chi connectivity index (χ2n) is 12.0. The summed E-state index contributed by atoms with van der Waals surface area (Å²) in [6.45, 7) is 2.80. The Hall–Kier alpha value is -3.76. The number of rotatable bonds is 18. The second-order valence-corrected chi connectivity index (χ2v) is 13.6. The van der Waals surface area contributed by atoms with Gasteiger partial charge in [-0.2, -0.15) is 0 Å². The number of ether oxygens (including phenoxy) is 6. The molecule has 1 fully saturated rings. The van der Waals surface area contributed by atoms with E-state index in [1.807, 2.05) is 0 Å². The molecule has 23 heteroatoms. The van der Waals surface area contributed by atoms with E-state index in [1.54, 1.807) is 13.8 Å². The lowest BCUT2D eigenvalue weighted by atomic mass is 9.79. The third kappa shape index (κ3) is 11.9. The van der Waals surface area contributed by atoms with Gasteiger partial charge in [0.1, 0.15) is 25.0 Å². The van der Waals surface area contributed by atoms with Crippen LogP contribution in [0.1, 0.15) is 54.2 Å². The zero-order chi connectivity index (χ0) is 38.7. The van der Waals surface area contributed by atoms with Crippen LogP contribution in [-0.2, 0) is 62.9 Å². The predicted octanol–water partition coefficient (Wildman–Crippen LogP) is 0.608. The van der Waals surface area contributed by atoms with Crippen molar-refractivity contribution in [1.82, 2.24) is 9.13 Å². The van der Waals surface area contributed by atoms with Crippen LogP contribution < -0.4 is 17.0 Å². The molecule has 1 saturated heterocycles. The second kappa shape index (κ2) is 18.6. The molecule has 1 aliphatic heterocycles. The lowest BCUT2D eigenvalue weighted by molar-refractivity contribution is -0.284. The van der Waals surface area contributed by atoms with Crippen molar-refractivity contribution in [3.05, 3.63) is 33.1 Å². The van der Waals surface area contributed by atoms with Gasteiger partial charge in [0.25, 0.3) is 5.56 Å². The van der Waals surface area contributed by atoms with Crippen LogP contribution in [0.5, 0.6) is 0 Å². The summed E-state index contributed by atoms with van der Waals surface area (Å²) in [6, 6.07) is -0.267. The number of aliphatic hydroxyl groups excluding tert-OH is 1. The van der Waals surface area contributed by atoms with Crippen LogP contribution in [0.15, 0.2) is 21.9 Å². The average molecular weight is 760 g/mol. The van der Waals surface area contributed by atoms with Gasteiger partial charge in [0.15, 0.2) is 24.2 Å². The molecule has 21 nitrogen and oxygen atoms in total. The quantitative estimate of drug-likeness (QED) is 0.0607. The minimum atomic E-state index is -5.11. The molecule has 1 unspecified atom stereocenters. The number of halogens is 1. The maximum absolute atomic E-state index is 14.9. The summed E-state index contributed by atoms with van der Waals surface area (Å²) in [6.07, 6.45) is -8.33. The number of aliphatic hydroxyl groups is 2. The van der Waals surface area contributed by atoms with Crippen molar-refractivity contribution in [1.29, 1.82) is 0 Å². The summed E-state index contributed by atoms with van der Waals surface area (Å²) >= 11 is 0. The number of hydrogen-bond donors (Lipinski definition) is 3. The van der Waals surface area contributed by atoms with Crippen molar-refractivity contribution in [2.45, 2.75) is 96.5 Å². The van der Waals surface area contributed by atoms with Crippen molar-refractivity contribution < 1.29 is 80.3 Å². The van der Waals surface area contributed by atoms with Gasteiger partial charge in [0.05, 0.1) is 18.8 Å². The number of phosphoric acid groups is 1. The van der Waals surface area contributed by atoms with Crippen LogP contribution >= 0.6 is 7.82 Å². The highest BCUT2D eigenvalue weighted by Crippen LogP contribution is 2.51. The molecule has 0 radical (unpaired) electrons. The average Bonchev–Trinajstić information content (AvgIpc) is 3.04. The highest BCUT2D eigenvalue weighted by Gasteiger charge is 2.59. The summed E-state index contributed by atoms with van der Waals surface area (Å²) in [5.41, 5.74) is -2.17. The number of aldehydes is 1. The molecule has 2 rings (SSSR count). The van der Waals surface area contributed by atoms with E-state index in [4.69, 9.17) is 38.3 Å². The van der Waals surface area contributed by atoms with E-state index in [0.29, 0.717) is 9.13 Å². The third-order valence-electron chi connectivity index (χ3n) is 6.91. The molecule has 2 heterocycles. The van der Waals surface area contributed by atoms with Crippen LogP contribution in [0.25, 0.3) is 0 Å². The molecular weight excluding hydrogens is 716 g/mol. The Kier molecular flexibility index (Phi) is 15.9. The Morgan fingerprint density at radius 1 is 1.04 bits per heavy atom. The van der Waals surface area contributed by atoms with E-state index < -0.39 is 119 Å². The lowest BCUT2D eigenvalue weighted by Gasteiger charge is -2.49. The van der Waals surface area contributed by atoms with Crippen LogP contribution in [0, 0.1) is 5.92 Å². The standard InChI is InChI=1S/C28H43FN3O18P/c1-16(2)21(30)22(35)42-13-32-19(34)7-8-31(24(32)37)20-9-27(40,11-33)23(36)28(10-29,50-20)12-45-51(41,46-14-43-25(38)48-17(3)4)47-15-44-26(39)49-18(5)6/h7-8,11,16-18,20-21,23,36,40H,9-10,12-15,30H2,1-6H3/t20-,21?,23+,27-,28-/m1/s1. The number of phosphoric ester groups is 1. The van der Waals surface area contributed by atoms with E-state index in [-0.39, 0.29) is 12.2 Å². The number of nitrogens with zero attached hydrogens (tertiary/aromatic N) is 2. The third-order valence-corrected chi connectivity index (χ3v) is 8.20. The zero-order valence-corrected chi connectivity index (χ0v) is 29.6. The Morgan fingerprint density at radius 2 is 1.59 bits per heavy atom. The Morgan fingerprint density at radius 3 is 2.06 bits per heavy atom. The highest BCUT2D eigenvalue weighted by atomic mass is 31.2. The Balaban J connectivity index is 2.42. The number of carbonyl (C=O) groups excluding carboxylic acids is 4. The smallest absolute Gasteiger partial charge is 0.442 e. The molecule has 0 saturated carbocycles. The van der Waals surface area contributed by atoms with E-state index in [0.717, 1.165) is 12.3 Å². The predicted molar refractivity (Wildman–Crippen MR) is 165 cm³/mol. The molecule has 1 aromatic heterocycles. The maximum atomic E-state index is 14.9. The summed E-state index contributed by atoms with van der Waals surface area (Å²) in [5, 5.41) is 22.1. The monoisotopic (exact) mass is 759 g/mol. The molecule has 1 aliphatic rings. The number of hydrogen-bond acceptors (Lipinski definition) is 19. The molecule has 0 amide bonds. The maximum Gasteiger partial charge on any atom is 0.510 e. The first-order valence-corrected chi connectivity index (χ1v) is 16.7. The van der Waals surface area contributed by atoms with Crippen LogP contribution in [0.3, 0.4) is 0 Å². The number of aromatic nitrogens is 2. The summed E-state index contributed by atoms with van der Waals surface area (Å²) in [5.74, 6) is -1.29. The van der Waals surface area contributed by atoms with E-state index in [9.17, 15) is 47.9 Å². The fourth-order valence-corrected chi connectivity index (χ4v) is 5.11. The largest absolute Gasteiger partial charge is 0.510 e. The topological polar surface area (TPSA) is 279 Å². The van der Waals surface area contributed by atoms with Crippen LogP contribution in [-0.4, -0.2) is 106 Å². The van der Waals surface area contributed by atoms with Crippen LogP contribution in [0.2, 0.25) is 0 Å². The number of nitrogens with two attached hydrogens (primary N) is 1. The summed E-state index contributed by atoms with van der Waals surface area (Å²) in [7, 11) is -5.11. The first-order valence-electron chi connectivity index (χ1n) is 15.3. The first kappa shape index (κ1) is 43.4. The zero-order valence-electron chi connectivity index (χ0n) is 28.7. The Bertz CT molecular complexity index is 1500. The van der Waals surface area contributed by atoms with Gasteiger partial charge in [0, 0.05) is 18.7 Å². The van der Waals surface area contributed by atoms with Gasteiger partial charge in [-0.15, -0.1) is 0 Å². The molecule has 51 heavy (non-hydrogen) atoms. The normalized spacial score (nSPS) is 22.8. The minimum absolute atomic E-state index is 0.164. The molecule has 0 spiro atoms. The van der Waals surface area contributed by atoms with E-state index >= 15 is 0 Å². The molecule has 0 aliphatic carbocycles. The molecule has 1 aromatic rings. The van der Waals surface area contributed by atoms with Gasteiger partial charge in [-0.1, -0.05) is 13.8 Å². The molecule has 5 atom stereocenters. The number of carbonyl (C=O) groups is 4. The van der Waals surface area contributed by atoms with Crippen molar-refractivity contribution in [2.24, 2.45) is 11.7 Å². The number of esters is 1. The van der Waals surface area contributed by atoms with Crippen molar-refractivity contribution in [2.75, 3.05) is 26.9 Å².